The van der Waals surface area contributed by atoms with Crippen LogP contribution in [0.25, 0.3) is 10.9 Å². The van der Waals surface area contributed by atoms with Gasteiger partial charge in [0.25, 0.3) is 0 Å². The lowest BCUT2D eigenvalue weighted by Crippen LogP contribution is -2.12. The zero-order valence-corrected chi connectivity index (χ0v) is 8.64. The van der Waals surface area contributed by atoms with Crippen LogP contribution in [-0.4, -0.2) is 16.0 Å². The molecule has 0 bridgehead atoms. The number of rotatable bonds is 3. The number of fused-ring (bicyclic) bond motifs is 1. The molecule has 2 rings (SSSR count). The van der Waals surface area contributed by atoms with Gasteiger partial charge in [-0.25, -0.2) is 9.97 Å². The molecule has 0 aliphatic rings. The molecule has 0 radical (unpaired) electrons. The fourth-order valence-corrected chi connectivity index (χ4v) is 1.39. The summed E-state index contributed by atoms with van der Waals surface area (Å²) in [4.78, 5) is 8.42. The third-order valence-electron chi connectivity index (χ3n) is 2.26. The Bertz CT molecular complexity index is 474. The minimum atomic E-state index is 0.198. The van der Waals surface area contributed by atoms with Gasteiger partial charge in [0.1, 0.15) is 12.1 Å². The molecular weight excluding hydrogens is 186 g/mol. The first-order chi connectivity index (χ1) is 7.31. The number of benzene rings is 1. The van der Waals surface area contributed by atoms with Crippen LogP contribution in [-0.2, 0) is 0 Å². The van der Waals surface area contributed by atoms with Crippen molar-refractivity contribution in [2.45, 2.75) is 13.0 Å². The number of nitrogens with one attached hydrogen (secondary N) is 1. The van der Waals surface area contributed by atoms with E-state index < -0.39 is 0 Å². The molecule has 1 atom stereocenters. The lowest BCUT2D eigenvalue weighted by Gasteiger charge is -2.11. The first-order valence-corrected chi connectivity index (χ1v) is 4.90. The Morgan fingerprint density at radius 1 is 1.33 bits per heavy atom. The second-order valence-corrected chi connectivity index (χ2v) is 3.41. The molecular formula is C12H13N3. The van der Waals surface area contributed by atoms with Gasteiger partial charge in [0.2, 0.25) is 0 Å². The summed E-state index contributed by atoms with van der Waals surface area (Å²) in [7, 11) is 0. The van der Waals surface area contributed by atoms with E-state index in [9.17, 15) is 0 Å². The summed E-state index contributed by atoms with van der Waals surface area (Å²) in [5.41, 5.74) is 0.950. The molecule has 15 heavy (non-hydrogen) atoms. The second-order valence-electron chi connectivity index (χ2n) is 3.41. The van der Waals surface area contributed by atoms with Crippen molar-refractivity contribution in [3.05, 3.63) is 43.2 Å². The molecule has 0 aliphatic heterocycles. The standard InChI is InChI=1S/C12H13N3/c1-3-9(2)15-12-10-6-4-5-7-11(10)13-8-14-12/h3-9H,1H2,2H3,(H,13,14,15). The minimum absolute atomic E-state index is 0.198. The maximum absolute atomic E-state index is 4.22. The van der Waals surface area contributed by atoms with Gasteiger partial charge in [-0.2, -0.15) is 0 Å². The van der Waals surface area contributed by atoms with Crippen LogP contribution in [0.5, 0.6) is 0 Å². The highest BCUT2D eigenvalue weighted by Gasteiger charge is 2.03. The van der Waals surface area contributed by atoms with Crippen LogP contribution in [0.15, 0.2) is 43.2 Å². The van der Waals surface area contributed by atoms with E-state index in [2.05, 4.69) is 21.9 Å². The maximum atomic E-state index is 4.22. The van der Waals surface area contributed by atoms with Crippen molar-refractivity contribution in [2.24, 2.45) is 0 Å². The fourth-order valence-electron chi connectivity index (χ4n) is 1.39. The molecule has 0 spiro atoms. The molecule has 1 N–H and O–H groups in total. The first kappa shape index (κ1) is 9.65. The Kier molecular flexibility index (Phi) is 2.63. The van der Waals surface area contributed by atoms with Crippen molar-refractivity contribution < 1.29 is 0 Å². The second kappa shape index (κ2) is 4.09. The number of para-hydroxylation sites is 1. The topological polar surface area (TPSA) is 37.8 Å². The van der Waals surface area contributed by atoms with Crippen molar-refractivity contribution in [2.75, 3.05) is 5.32 Å². The smallest absolute Gasteiger partial charge is 0.137 e. The largest absolute Gasteiger partial charge is 0.364 e. The van der Waals surface area contributed by atoms with E-state index in [0.29, 0.717) is 0 Å². The summed E-state index contributed by atoms with van der Waals surface area (Å²) in [6.45, 7) is 5.76. The number of hydrogen-bond donors (Lipinski definition) is 1. The molecule has 1 aromatic carbocycles. The van der Waals surface area contributed by atoms with E-state index in [1.807, 2.05) is 37.3 Å². The Hall–Kier alpha value is -1.90. The lowest BCUT2D eigenvalue weighted by molar-refractivity contribution is 0.984. The maximum Gasteiger partial charge on any atom is 0.137 e. The zero-order valence-electron chi connectivity index (χ0n) is 8.64. The Morgan fingerprint density at radius 3 is 2.93 bits per heavy atom. The normalized spacial score (nSPS) is 12.3. The van der Waals surface area contributed by atoms with Crippen molar-refractivity contribution in [3.63, 3.8) is 0 Å². The highest BCUT2D eigenvalue weighted by Crippen LogP contribution is 2.18. The van der Waals surface area contributed by atoms with E-state index in [1.54, 1.807) is 6.33 Å². The van der Waals surface area contributed by atoms with Crippen molar-refractivity contribution in [1.29, 1.82) is 0 Å². The molecule has 0 saturated heterocycles. The van der Waals surface area contributed by atoms with Gasteiger partial charge in [0.05, 0.1) is 5.52 Å². The lowest BCUT2D eigenvalue weighted by atomic mass is 10.2. The summed E-state index contributed by atoms with van der Waals surface area (Å²) < 4.78 is 0. The predicted octanol–water partition coefficient (Wildman–Crippen LogP) is 2.62. The summed E-state index contributed by atoms with van der Waals surface area (Å²) in [6, 6.07) is 8.13. The zero-order chi connectivity index (χ0) is 10.7. The highest BCUT2D eigenvalue weighted by molar-refractivity contribution is 5.88. The molecule has 0 fully saturated rings. The Balaban J connectivity index is 2.46. The van der Waals surface area contributed by atoms with Crippen LogP contribution in [0.2, 0.25) is 0 Å². The van der Waals surface area contributed by atoms with E-state index in [-0.39, 0.29) is 6.04 Å². The van der Waals surface area contributed by atoms with Gasteiger partial charge in [-0.1, -0.05) is 18.2 Å². The van der Waals surface area contributed by atoms with Crippen molar-refractivity contribution in [1.82, 2.24) is 9.97 Å². The molecule has 1 aromatic heterocycles. The number of hydrogen-bond acceptors (Lipinski definition) is 3. The van der Waals surface area contributed by atoms with Crippen LogP contribution in [0.1, 0.15) is 6.92 Å². The summed E-state index contributed by atoms with van der Waals surface area (Å²) >= 11 is 0. The van der Waals surface area contributed by atoms with Gasteiger partial charge in [-0.15, -0.1) is 6.58 Å². The van der Waals surface area contributed by atoms with Gasteiger partial charge < -0.3 is 5.32 Å². The third-order valence-corrected chi connectivity index (χ3v) is 2.26. The van der Waals surface area contributed by atoms with Crippen molar-refractivity contribution in [3.8, 4) is 0 Å². The summed E-state index contributed by atoms with van der Waals surface area (Å²) in [5.74, 6) is 0.855. The Morgan fingerprint density at radius 2 is 2.13 bits per heavy atom. The molecule has 3 heteroatoms. The molecule has 0 saturated carbocycles. The molecule has 0 amide bonds. The van der Waals surface area contributed by atoms with Crippen LogP contribution in [0, 0.1) is 0 Å². The number of aromatic nitrogens is 2. The minimum Gasteiger partial charge on any atom is -0.364 e. The molecule has 76 valence electrons. The van der Waals surface area contributed by atoms with E-state index in [4.69, 9.17) is 0 Å². The Labute approximate surface area is 88.9 Å². The SMILES string of the molecule is C=CC(C)Nc1ncnc2ccccc12. The molecule has 0 aliphatic carbocycles. The monoisotopic (exact) mass is 199 g/mol. The van der Waals surface area contributed by atoms with Crippen molar-refractivity contribution >= 4 is 16.7 Å². The van der Waals surface area contributed by atoms with E-state index >= 15 is 0 Å². The van der Waals surface area contributed by atoms with Crippen LogP contribution >= 0.6 is 0 Å². The van der Waals surface area contributed by atoms with Gasteiger partial charge in [-0.3, -0.25) is 0 Å². The highest BCUT2D eigenvalue weighted by atomic mass is 15.0. The third kappa shape index (κ3) is 1.96. The van der Waals surface area contributed by atoms with E-state index in [0.717, 1.165) is 16.7 Å². The van der Waals surface area contributed by atoms with Crippen LogP contribution in [0.4, 0.5) is 5.82 Å². The molecule has 1 unspecified atom stereocenters. The van der Waals surface area contributed by atoms with Crippen LogP contribution < -0.4 is 5.32 Å². The molecule has 1 heterocycles. The molecule has 2 aromatic rings. The molecule has 3 nitrogen and oxygen atoms in total. The fraction of sp³-hybridized carbons (Fsp3) is 0.167. The van der Waals surface area contributed by atoms with E-state index in [1.165, 1.54) is 0 Å². The van der Waals surface area contributed by atoms with Crippen LogP contribution in [0.3, 0.4) is 0 Å². The number of nitrogens with zero attached hydrogens (tertiary/aromatic N) is 2. The quantitative estimate of drug-likeness (QED) is 0.772. The van der Waals surface area contributed by atoms with Gasteiger partial charge in [0, 0.05) is 11.4 Å². The summed E-state index contributed by atoms with van der Waals surface area (Å²) in [6.07, 6.45) is 3.41. The average Bonchev–Trinajstić information content (AvgIpc) is 2.29. The predicted molar refractivity (Wildman–Crippen MR) is 62.8 cm³/mol. The first-order valence-electron chi connectivity index (χ1n) is 4.90. The average molecular weight is 199 g/mol. The van der Waals surface area contributed by atoms with Gasteiger partial charge >= 0.3 is 0 Å². The van der Waals surface area contributed by atoms with Gasteiger partial charge in [0.15, 0.2) is 0 Å². The van der Waals surface area contributed by atoms with Gasteiger partial charge in [-0.05, 0) is 19.1 Å². The summed E-state index contributed by atoms with van der Waals surface area (Å²) in [5, 5.41) is 4.30. The number of anilines is 1.